The van der Waals surface area contributed by atoms with Crippen LogP contribution in [-0.2, 0) is 19.3 Å². The molecule has 9 heteroatoms. The number of nitrogens with one attached hydrogen (secondary N) is 1. The third-order valence-electron chi connectivity index (χ3n) is 4.00. The highest BCUT2D eigenvalue weighted by Gasteiger charge is 2.33. The van der Waals surface area contributed by atoms with Crippen LogP contribution in [0.15, 0.2) is 46.6 Å². The minimum Gasteiger partial charge on any atom is -0.346 e. The number of alkyl halides is 3. The molecular weight excluding hydrogens is 397 g/mol. The van der Waals surface area contributed by atoms with Crippen molar-refractivity contribution in [2.24, 2.45) is 0 Å². The van der Waals surface area contributed by atoms with Crippen molar-refractivity contribution in [1.29, 1.82) is 0 Å². The molecular formula is C18H15F3N2O2S2. The minimum absolute atomic E-state index is 0.0152. The summed E-state index contributed by atoms with van der Waals surface area (Å²) in [4.78, 5) is 25.4. The Morgan fingerprint density at radius 1 is 1.19 bits per heavy atom. The van der Waals surface area contributed by atoms with E-state index in [0.717, 1.165) is 22.3 Å². The third-order valence-corrected chi connectivity index (χ3v) is 5.96. The highest BCUT2D eigenvalue weighted by Crippen LogP contribution is 2.32. The van der Waals surface area contributed by atoms with Gasteiger partial charge in [-0.2, -0.15) is 13.2 Å². The number of nitrogens with zero attached hydrogens (tertiary/aromatic N) is 1. The van der Waals surface area contributed by atoms with Gasteiger partial charge in [0.25, 0.3) is 5.91 Å². The normalized spacial score (nSPS) is 11.6. The topological polar surface area (TPSA) is 51.1 Å². The molecule has 0 aliphatic rings. The van der Waals surface area contributed by atoms with E-state index in [4.69, 9.17) is 0 Å². The van der Waals surface area contributed by atoms with Crippen LogP contribution >= 0.6 is 22.7 Å². The predicted molar refractivity (Wildman–Crippen MR) is 99.4 cm³/mol. The van der Waals surface area contributed by atoms with Gasteiger partial charge in [0.05, 0.1) is 18.7 Å². The lowest BCUT2D eigenvalue weighted by atomic mass is 10.1. The van der Waals surface area contributed by atoms with E-state index >= 15 is 0 Å². The van der Waals surface area contributed by atoms with Gasteiger partial charge < -0.3 is 5.32 Å². The van der Waals surface area contributed by atoms with Gasteiger partial charge in [-0.05, 0) is 30.0 Å². The van der Waals surface area contributed by atoms with Gasteiger partial charge >= 0.3 is 11.0 Å². The molecule has 1 amide bonds. The maximum atomic E-state index is 13.2. The second kappa shape index (κ2) is 7.69. The predicted octanol–water partition coefficient (Wildman–Crippen LogP) is 4.28. The van der Waals surface area contributed by atoms with Gasteiger partial charge in [0, 0.05) is 10.6 Å². The summed E-state index contributed by atoms with van der Waals surface area (Å²) in [6.07, 6.45) is -4.51. The highest BCUT2D eigenvalue weighted by molar-refractivity contribution is 7.11. The number of thiophene rings is 1. The van der Waals surface area contributed by atoms with Crippen LogP contribution in [0.3, 0.4) is 0 Å². The molecule has 0 saturated carbocycles. The van der Waals surface area contributed by atoms with Gasteiger partial charge in [0.15, 0.2) is 0 Å². The average molecular weight is 412 g/mol. The zero-order valence-corrected chi connectivity index (χ0v) is 15.8. The lowest BCUT2D eigenvalue weighted by Gasteiger charge is -2.13. The number of carbonyl (C=O) groups excluding carboxylic acids is 1. The van der Waals surface area contributed by atoms with Crippen molar-refractivity contribution in [2.45, 2.75) is 26.2 Å². The molecule has 0 bridgehead atoms. The Bertz CT molecular complexity index is 1000. The highest BCUT2D eigenvalue weighted by atomic mass is 32.1. The SMILES string of the molecule is Cc1c(C(=O)NCc2cccs2)sc(=O)n1Cc1ccccc1C(F)(F)F. The molecule has 142 valence electrons. The van der Waals surface area contributed by atoms with Crippen LogP contribution in [0.4, 0.5) is 13.2 Å². The Kier molecular flexibility index (Phi) is 5.52. The molecule has 1 N–H and O–H groups in total. The summed E-state index contributed by atoms with van der Waals surface area (Å²) in [5.74, 6) is -0.411. The molecule has 0 spiro atoms. The molecule has 2 aromatic heterocycles. The number of hydrogen-bond donors (Lipinski definition) is 1. The van der Waals surface area contributed by atoms with Crippen LogP contribution in [0.25, 0.3) is 0 Å². The summed E-state index contributed by atoms with van der Waals surface area (Å²) in [6, 6.07) is 8.86. The molecule has 0 fully saturated rings. The number of aromatic nitrogens is 1. The van der Waals surface area contributed by atoms with Gasteiger partial charge in [-0.1, -0.05) is 35.6 Å². The van der Waals surface area contributed by atoms with Crippen molar-refractivity contribution in [3.63, 3.8) is 0 Å². The van der Waals surface area contributed by atoms with Gasteiger partial charge in [-0.25, -0.2) is 0 Å². The molecule has 2 heterocycles. The van der Waals surface area contributed by atoms with Gasteiger partial charge in [0.2, 0.25) is 0 Å². The monoisotopic (exact) mass is 412 g/mol. The fourth-order valence-corrected chi connectivity index (χ4v) is 4.19. The van der Waals surface area contributed by atoms with Crippen LogP contribution in [0, 0.1) is 6.92 Å². The molecule has 0 saturated heterocycles. The number of benzene rings is 1. The number of hydrogen-bond acceptors (Lipinski definition) is 4. The zero-order valence-electron chi connectivity index (χ0n) is 14.2. The molecule has 4 nitrogen and oxygen atoms in total. The average Bonchev–Trinajstić information content (AvgIpc) is 3.23. The molecule has 27 heavy (non-hydrogen) atoms. The smallest absolute Gasteiger partial charge is 0.346 e. The summed E-state index contributed by atoms with van der Waals surface area (Å²) in [5, 5.41) is 4.62. The number of carbonyl (C=O) groups is 1. The maximum Gasteiger partial charge on any atom is 0.416 e. The van der Waals surface area contributed by atoms with E-state index < -0.39 is 22.5 Å². The van der Waals surface area contributed by atoms with E-state index in [1.807, 2.05) is 17.5 Å². The second-order valence-corrected chi connectivity index (χ2v) is 7.78. The van der Waals surface area contributed by atoms with Crippen LogP contribution in [0.1, 0.15) is 31.4 Å². The molecule has 0 radical (unpaired) electrons. The molecule has 0 aliphatic carbocycles. The first-order valence-electron chi connectivity index (χ1n) is 7.93. The maximum absolute atomic E-state index is 13.2. The van der Waals surface area contributed by atoms with Crippen LogP contribution in [0.5, 0.6) is 0 Å². The number of amides is 1. The van der Waals surface area contributed by atoms with Crippen molar-refractivity contribution >= 4 is 28.6 Å². The summed E-state index contributed by atoms with van der Waals surface area (Å²) < 4.78 is 40.7. The fraction of sp³-hybridized carbons (Fsp3) is 0.222. The number of thiazole rings is 1. The lowest BCUT2D eigenvalue weighted by molar-refractivity contribution is -0.138. The Morgan fingerprint density at radius 3 is 2.59 bits per heavy atom. The van der Waals surface area contributed by atoms with Gasteiger partial charge in [0.1, 0.15) is 4.88 Å². The zero-order chi connectivity index (χ0) is 19.6. The van der Waals surface area contributed by atoms with E-state index in [0.29, 0.717) is 12.2 Å². The van der Waals surface area contributed by atoms with Crippen molar-refractivity contribution < 1.29 is 18.0 Å². The quantitative estimate of drug-likeness (QED) is 0.680. The first kappa shape index (κ1) is 19.4. The fourth-order valence-electron chi connectivity index (χ4n) is 2.64. The van der Waals surface area contributed by atoms with Crippen LogP contribution in [0.2, 0.25) is 0 Å². The molecule has 0 atom stereocenters. The lowest BCUT2D eigenvalue weighted by Crippen LogP contribution is -2.23. The third kappa shape index (κ3) is 4.30. The van der Waals surface area contributed by atoms with E-state index in [1.54, 1.807) is 6.92 Å². The molecule has 1 aromatic carbocycles. The van der Waals surface area contributed by atoms with Crippen molar-refractivity contribution in [1.82, 2.24) is 9.88 Å². The van der Waals surface area contributed by atoms with Crippen molar-refractivity contribution in [3.05, 3.63) is 78.0 Å². The second-order valence-electron chi connectivity index (χ2n) is 5.79. The van der Waals surface area contributed by atoms with Crippen molar-refractivity contribution in [2.75, 3.05) is 0 Å². The van der Waals surface area contributed by atoms with Crippen LogP contribution in [-0.4, -0.2) is 10.5 Å². The first-order chi connectivity index (χ1) is 12.8. The van der Waals surface area contributed by atoms with Crippen LogP contribution < -0.4 is 10.2 Å². The summed E-state index contributed by atoms with van der Waals surface area (Å²) in [6.45, 7) is 1.65. The van der Waals surface area contributed by atoms with Crippen molar-refractivity contribution in [3.8, 4) is 0 Å². The number of rotatable bonds is 5. The van der Waals surface area contributed by atoms with E-state index in [-0.39, 0.29) is 17.0 Å². The largest absolute Gasteiger partial charge is 0.416 e. The summed E-state index contributed by atoms with van der Waals surface area (Å²) >= 11 is 2.23. The molecule has 3 aromatic rings. The Morgan fingerprint density at radius 2 is 1.93 bits per heavy atom. The minimum atomic E-state index is -4.51. The number of halogens is 3. The van der Waals surface area contributed by atoms with Gasteiger partial charge in [-0.3, -0.25) is 14.2 Å². The first-order valence-corrected chi connectivity index (χ1v) is 9.63. The van der Waals surface area contributed by atoms with E-state index in [1.165, 1.54) is 34.1 Å². The Balaban J connectivity index is 1.85. The van der Waals surface area contributed by atoms with E-state index in [2.05, 4.69) is 5.32 Å². The molecule has 3 rings (SSSR count). The summed E-state index contributed by atoms with van der Waals surface area (Å²) in [7, 11) is 0. The summed E-state index contributed by atoms with van der Waals surface area (Å²) in [5.41, 5.74) is -0.449. The molecule has 0 aliphatic heterocycles. The Hall–Kier alpha value is -2.39. The van der Waals surface area contributed by atoms with Gasteiger partial charge in [-0.15, -0.1) is 11.3 Å². The molecule has 0 unspecified atom stereocenters. The van der Waals surface area contributed by atoms with E-state index in [9.17, 15) is 22.8 Å². The standard InChI is InChI=1S/C18H15F3N2O2S2/c1-11-15(16(24)22-9-13-6-4-8-26-13)27-17(25)23(11)10-12-5-2-3-7-14(12)18(19,20)21/h2-8H,9-10H2,1H3,(H,22,24). The Labute approximate surface area is 160 Å².